The van der Waals surface area contributed by atoms with Gasteiger partial charge in [0.05, 0.1) is 24.4 Å². The number of nitrogens with zero attached hydrogens (tertiary/aromatic N) is 2. The maximum atomic E-state index is 13.1. The average molecular weight is 358 g/mol. The lowest BCUT2D eigenvalue weighted by Gasteiger charge is -2.36. The Morgan fingerprint density at radius 1 is 1.00 bits per heavy atom. The van der Waals surface area contributed by atoms with E-state index in [1.807, 2.05) is 60.7 Å². The summed E-state index contributed by atoms with van der Waals surface area (Å²) in [4.78, 5) is 6.44. The number of rotatable bonds is 2. The summed E-state index contributed by atoms with van der Waals surface area (Å²) in [7, 11) is 0. The summed E-state index contributed by atoms with van der Waals surface area (Å²) in [5.74, 6) is 0. The van der Waals surface area contributed by atoms with Crippen molar-refractivity contribution >= 4 is 16.6 Å². The van der Waals surface area contributed by atoms with Crippen LogP contribution in [-0.4, -0.2) is 37.0 Å². The van der Waals surface area contributed by atoms with Gasteiger partial charge in [-0.2, -0.15) is 13.2 Å². The molecule has 1 aliphatic heterocycles. The minimum Gasteiger partial charge on any atom is -0.366 e. The van der Waals surface area contributed by atoms with Gasteiger partial charge in [0.1, 0.15) is 0 Å². The average Bonchev–Trinajstić information content (AvgIpc) is 2.67. The zero-order valence-corrected chi connectivity index (χ0v) is 13.9. The molecule has 4 rings (SSSR count). The molecule has 0 spiro atoms. The first kappa shape index (κ1) is 16.8. The number of fused-ring (bicyclic) bond motifs is 1. The van der Waals surface area contributed by atoms with Crippen molar-refractivity contribution in [1.29, 1.82) is 0 Å². The van der Waals surface area contributed by atoms with Gasteiger partial charge in [-0.3, -0.25) is 0 Å². The van der Waals surface area contributed by atoms with Crippen molar-refractivity contribution in [3.8, 4) is 11.3 Å². The van der Waals surface area contributed by atoms with E-state index in [0.29, 0.717) is 6.54 Å². The molecule has 1 aromatic heterocycles. The summed E-state index contributed by atoms with van der Waals surface area (Å²) in [6, 6.07) is 19.0. The smallest absolute Gasteiger partial charge is 0.366 e. The van der Waals surface area contributed by atoms with Gasteiger partial charge >= 0.3 is 6.18 Å². The Kier molecular flexibility index (Phi) is 4.28. The van der Waals surface area contributed by atoms with Gasteiger partial charge in [0.2, 0.25) is 0 Å². The van der Waals surface area contributed by atoms with Crippen molar-refractivity contribution in [3.63, 3.8) is 0 Å². The van der Waals surface area contributed by atoms with Crippen molar-refractivity contribution in [3.05, 3.63) is 60.7 Å². The third-order valence-corrected chi connectivity index (χ3v) is 4.54. The SMILES string of the molecule is FC(F)(F)[C@@H]1CN(c2cc(-c3ccccc3)nc3ccccc23)CCO1. The van der Waals surface area contributed by atoms with Gasteiger partial charge < -0.3 is 9.64 Å². The number of morpholine rings is 1. The summed E-state index contributed by atoms with van der Waals surface area (Å²) in [5, 5.41) is 0.843. The van der Waals surface area contributed by atoms with Crippen molar-refractivity contribution < 1.29 is 17.9 Å². The lowest BCUT2D eigenvalue weighted by Crippen LogP contribution is -2.49. The van der Waals surface area contributed by atoms with Crippen LogP contribution in [0.3, 0.4) is 0 Å². The van der Waals surface area contributed by atoms with Crippen LogP contribution in [0.4, 0.5) is 18.9 Å². The second-order valence-corrected chi connectivity index (χ2v) is 6.26. The van der Waals surface area contributed by atoms with Crippen LogP contribution in [0.1, 0.15) is 0 Å². The molecule has 0 N–H and O–H groups in total. The Bertz CT molecular complexity index is 912. The van der Waals surface area contributed by atoms with E-state index in [0.717, 1.165) is 27.8 Å². The van der Waals surface area contributed by atoms with E-state index in [4.69, 9.17) is 4.74 Å². The zero-order chi connectivity index (χ0) is 18.1. The molecule has 26 heavy (non-hydrogen) atoms. The number of hydrogen-bond acceptors (Lipinski definition) is 3. The van der Waals surface area contributed by atoms with Crippen molar-refractivity contribution in [2.24, 2.45) is 0 Å². The van der Waals surface area contributed by atoms with Gasteiger partial charge in [-0.1, -0.05) is 48.5 Å². The van der Waals surface area contributed by atoms with E-state index in [-0.39, 0.29) is 13.2 Å². The normalized spacial score (nSPS) is 18.3. The fourth-order valence-corrected chi connectivity index (χ4v) is 3.24. The molecule has 2 heterocycles. The van der Waals surface area contributed by atoms with Gasteiger partial charge in [0.25, 0.3) is 0 Å². The molecular formula is C20H17F3N2O. The van der Waals surface area contributed by atoms with Gasteiger partial charge in [0.15, 0.2) is 6.10 Å². The number of hydrogen-bond donors (Lipinski definition) is 0. The first-order valence-corrected chi connectivity index (χ1v) is 8.41. The molecule has 0 bridgehead atoms. The van der Waals surface area contributed by atoms with Gasteiger partial charge in [0, 0.05) is 23.2 Å². The van der Waals surface area contributed by atoms with Crippen molar-refractivity contribution in [1.82, 2.24) is 4.98 Å². The second kappa shape index (κ2) is 6.61. The van der Waals surface area contributed by atoms with Crippen LogP contribution in [0, 0.1) is 0 Å². The van der Waals surface area contributed by atoms with Gasteiger partial charge in [-0.05, 0) is 12.1 Å². The number of para-hydroxylation sites is 1. The molecule has 0 unspecified atom stereocenters. The molecule has 0 aliphatic carbocycles. The first-order valence-electron chi connectivity index (χ1n) is 8.41. The quantitative estimate of drug-likeness (QED) is 0.666. The molecule has 3 nitrogen and oxygen atoms in total. The molecule has 134 valence electrons. The summed E-state index contributed by atoms with van der Waals surface area (Å²) in [6.45, 7) is 0.238. The topological polar surface area (TPSA) is 25.4 Å². The highest BCUT2D eigenvalue weighted by Gasteiger charge is 2.43. The zero-order valence-electron chi connectivity index (χ0n) is 13.9. The highest BCUT2D eigenvalue weighted by Crippen LogP contribution is 2.34. The van der Waals surface area contributed by atoms with E-state index >= 15 is 0 Å². The number of anilines is 1. The molecule has 3 aromatic rings. The molecule has 1 fully saturated rings. The van der Waals surface area contributed by atoms with Crippen LogP contribution >= 0.6 is 0 Å². The highest BCUT2D eigenvalue weighted by molar-refractivity contribution is 5.94. The van der Waals surface area contributed by atoms with E-state index in [1.165, 1.54) is 0 Å². The minimum atomic E-state index is -4.37. The van der Waals surface area contributed by atoms with E-state index < -0.39 is 12.3 Å². The molecule has 1 aliphatic rings. The standard InChI is InChI=1S/C20H17F3N2O/c21-20(22,23)19-13-25(10-11-26-19)18-12-17(14-6-2-1-3-7-14)24-16-9-5-4-8-15(16)18/h1-9,12,19H,10-11,13H2/t19-/m0/s1. The Balaban J connectivity index is 1.81. The highest BCUT2D eigenvalue weighted by atomic mass is 19.4. The molecule has 1 atom stereocenters. The lowest BCUT2D eigenvalue weighted by molar-refractivity contribution is -0.221. The second-order valence-electron chi connectivity index (χ2n) is 6.26. The number of aromatic nitrogens is 1. The predicted molar refractivity (Wildman–Crippen MR) is 95.2 cm³/mol. The van der Waals surface area contributed by atoms with E-state index in [1.54, 1.807) is 4.90 Å². The summed E-state index contributed by atoms with van der Waals surface area (Å²) >= 11 is 0. The molecule has 2 aromatic carbocycles. The van der Waals surface area contributed by atoms with Gasteiger partial charge in [-0.15, -0.1) is 0 Å². The fraction of sp³-hybridized carbons (Fsp3) is 0.250. The molecule has 0 amide bonds. The molecule has 0 radical (unpaired) electrons. The summed E-state index contributed by atoms with van der Waals surface area (Å²) in [6.07, 6.45) is -6.15. The number of halogens is 3. The van der Waals surface area contributed by atoms with Crippen LogP contribution in [0.15, 0.2) is 60.7 Å². The fourth-order valence-electron chi connectivity index (χ4n) is 3.24. The van der Waals surface area contributed by atoms with E-state index in [2.05, 4.69) is 4.98 Å². The monoisotopic (exact) mass is 358 g/mol. The maximum Gasteiger partial charge on any atom is 0.416 e. The van der Waals surface area contributed by atoms with E-state index in [9.17, 15) is 13.2 Å². The van der Waals surface area contributed by atoms with Crippen LogP contribution in [0.25, 0.3) is 22.2 Å². The Hall–Kier alpha value is -2.60. The van der Waals surface area contributed by atoms with Crippen molar-refractivity contribution in [2.75, 3.05) is 24.6 Å². The number of pyridine rings is 1. The van der Waals surface area contributed by atoms with Crippen LogP contribution < -0.4 is 4.90 Å². The largest absolute Gasteiger partial charge is 0.416 e. The molecule has 6 heteroatoms. The van der Waals surface area contributed by atoms with Gasteiger partial charge in [-0.25, -0.2) is 4.98 Å². The Morgan fingerprint density at radius 2 is 1.73 bits per heavy atom. The minimum absolute atomic E-state index is 0.0432. The Morgan fingerprint density at radius 3 is 2.50 bits per heavy atom. The Labute approximate surface area is 149 Å². The van der Waals surface area contributed by atoms with Crippen molar-refractivity contribution in [2.45, 2.75) is 12.3 Å². The number of ether oxygens (including phenoxy) is 1. The number of alkyl halides is 3. The van der Waals surface area contributed by atoms with Crippen LogP contribution in [0.5, 0.6) is 0 Å². The summed E-state index contributed by atoms with van der Waals surface area (Å²) in [5.41, 5.74) is 3.19. The molecule has 1 saturated heterocycles. The van der Waals surface area contributed by atoms with Crippen LogP contribution in [-0.2, 0) is 4.74 Å². The third-order valence-electron chi connectivity index (χ3n) is 4.54. The number of benzene rings is 2. The maximum absolute atomic E-state index is 13.1. The molecule has 0 saturated carbocycles. The lowest BCUT2D eigenvalue weighted by atomic mass is 10.1. The van der Waals surface area contributed by atoms with Crippen LogP contribution in [0.2, 0.25) is 0 Å². The predicted octanol–water partition coefficient (Wildman–Crippen LogP) is 4.67. The third kappa shape index (κ3) is 3.24. The first-order chi connectivity index (χ1) is 12.5. The summed E-state index contributed by atoms with van der Waals surface area (Å²) < 4.78 is 44.3. The molecular weight excluding hydrogens is 341 g/mol.